The average molecular weight is 455 g/mol. The zero-order chi connectivity index (χ0) is 23.2. The third kappa shape index (κ3) is 5.38. The number of benzene rings is 3. The number of amides is 2. The van der Waals surface area contributed by atoms with Crippen molar-refractivity contribution in [2.24, 2.45) is 0 Å². The number of carbonyl (C=O) groups is 2. The Balaban J connectivity index is 1.67. The lowest BCUT2D eigenvalue weighted by Crippen LogP contribution is -2.31. The Morgan fingerprint density at radius 3 is 1.76 bits per heavy atom. The van der Waals surface area contributed by atoms with Crippen molar-refractivity contribution in [1.29, 1.82) is 0 Å². The maximum absolute atomic E-state index is 13.9. The molecule has 2 amide bonds. The third-order valence-corrected chi connectivity index (χ3v) is 6.70. The Labute approximate surface area is 198 Å². The molecule has 4 nitrogen and oxygen atoms in total. The van der Waals surface area contributed by atoms with Crippen molar-refractivity contribution in [3.8, 4) is 0 Å². The van der Waals surface area contributed by atoms with E-state index in [9.17, 15) is 9.59 Å². The number of nitrogens with zero attached hydrogens (tertiary/aromatic N) is 1. The van der Waals surface area contributed by atoms with Gasteiger partial charge in [-0.2, -0.15) is 0 Å². The van der Waals surface area contributed by atoms with Crippen molar-refractivity contribution in [2.75, 3.05) is 5.32 Å². The van der Waals surface area contributed by atoms with Gasteiger partial charge in [0.25, 0.3) is 11.8 Å². The predicted octanol–water partition coefficient (Wildman–Crippen LogP) is 6.46. The lowest BCUT2D eigenvalue weighted by atomic mass is 10.1. The number of aryl methyl sites for hydroxylation is 1. The summed E-state index contributed by atoms with van der Waals surface area (Å²) in [5.41, 5.74) is 4.14. The fourth-order valence-corrected chi connectivity index (χ4v) is 4.75. The molecule has 1 N–H and O–H groups in total. The normalized spacial score (nSPS) is 10.6. The first-order valence-corrected chi connectivity index (χ1v) is 11.7. The first-order chi connectivity index (χ1) is 16.0. The molecule has 5 heteroatoms. The molecule has 0 aliphatic carbocycles. The van der Waals surface area contributed by atoms with Gasteiger partial charge < -0.3 is 10.2 Å². The van der Waals surface area contributed by atoms with Crippen LogP contribution in [0.15, 0.2) is 91.0 Å². The quantitative estimate of drug-likeness (QED) is 0.348. The van der Waals surface area contributed by atoms with Crippen molar-refractivity contribution in [3.63, 3.8) is 0 Å². The number of hydrogen-bond acceptors (Lipinski definition) is 3. The molecule has 4 rings (SSSR count). The van der Waals surface area contributed by atoms with E-state index in [1.54, 1.807) is 12.1 Å². The molecule has 0 radical (unpaired) electrons. The number of rotatable bonds is 7. The summed E-state index contributed by atoms with van der Waals surface area (Å²) in [6.07, 6.45) is 0. The van der Waals surface area contributed by atoms with Gasteiger partial charge in [-0.25, -0.2) is 0 Å². The molecule has 0 atom stereocenters. The van der Waals surface area contributed by atoms with Gasteiger partial charge >= 0.3 is 0 Å². The minimum atomic E-state index is -0.219. The highest BCUT2D eigenvalue weighted by Crippen LogP contribution is 2.34. The SMILES string of the molecule is Cc1sc(NC(=O)c2ccccc2)c(C(=O)N(Cc2ccccc2)Cc2ccccc2)c1C. The Bertz CT molecular complexity index is 1190. The lowest BCUT2D eigenvalue weighted by molar-refractivity contribution is 0.0731. The Morgan fingerprint density at radius 1 is 0.758 bits per heavy atom. The molecule has 0 aliphatic rings. The summed E-state index contributed by atoms with van der Waals surface area (Å²) in [5.74, 6) is -0.309. The minimum absolute atomic E-state index is 0.0899. The molecule has 33 heavy (non-hydrogen) atoms. The van der Waals surface area contributed by atoms with Crippen LogP contribution in [0.1, 0.15) is 42.3 Å². The zero-order valence-electron chi connectivity index (χ0n) is 18.7. The Hall–Kier alpha value is -3.70. The molecule has 0 saturated heterocycles. The highest BCUT2D eigenvalue weighted by atomic mass is 32.1. The van der Waals surface area contributed by atoms with Gasteiger partial charge in [0, 0.05) is 23.5 Å². The number of nitrogens with one attached hydrogen (secondary N) is 1. The van der Waals surface area contributed by atoms with Gasteiger partial charge in [0.2, 0.25) is 0 Å². The van der Waals surface area contributed by atoms with Crippen molar-refractivity contribution < 1.29 is 9.59 Å². The van der Waals surface area contributed by atoms with Crippen LogP contribution in [-0.2, 0) is 13.1 Å². The Kier molecular flexibility index (Phi) is 7.01. The van der Waals surface area contributed by atoms with E-state index in [2.05, 4.69) is 5.32 Å². The highest BCUT2D eigenvalue weighted by Gasteiger charge is 2.26. The smallest absolute Gasteiger partial charge is 0.257 e. The van der Waals surface area contributed by atoms with Gasteiger partial charge in [0.15, 0.2) is 0 Å². The van der Waals surface area contributed by atoms with Crippen molar-refractivity contribution in [3.05, 3.63) is 124 Å². The molecule has 0 unspecified atom stereocenters. The number of hydrogen-bond donors (Lipinski definition) is 1. The van der Waals surface area contributed by atoms with E-state index in [0.29, 0.717) is 29.2 Å². The summed E-state index contributed by atoms with van der Waals surface area (Å²) >= 11 is 1.44. The number of thiophene rings is 1. The van der Waals surface area contributed by atoms with E-state index >= 15 is 0 Å². The summed E-state index contributed by atoms with van der Waals surface area (Å²) in [6, 6.07) is 29.0. The molecule has 3 aromatic carbocycles. The van der Waals surface area contributed by atoms with E-state index in [-0.39, 0.29) is 11.8 Å². The topological polar surface area (TPSA) is 49.4 Å². The van der Waals surface area contributed by atoms with Crippen molar-refractivity contribution in [2.45, 2.75) is 26.9 Å². The molecule has 0 aliphatic heterocycles. The molecule has 0 fully saturated rings. The summed E-state index contributed by atoms with van der Waals surface area (Å²) in [5, 5.41) is 3.58. The largest absolute Gasteiger partial charge is 0.330 e. The van der Waals surface area contributed by atoms with Gasteiger partial charge in [-0.3, -0.25) is 9.59 Å². The van der Waals surface area contributed by atoms with Crippen LogP contribution < -0.4 is 5.32 Å². The van der Waals surface area contributed by atoms with E-state index < -0.39 is 0 Å². The van der Waals surface area contributed by atoms with Gasteiger partial charge in [0.1, 0.15) is 5.00 Å². The van der Waals surface area contributed by atoms with Crippen molar-refractivity contribution >= 4 is 28.2 Å². The van der Waals surface area contributed by atoms with Crippen LogP contribution >= 0.6 is 11.3 Å². The van der Waals surface area contributed by atoms with E-state index in [1.807, 2.05) is 97.6 Å². The second-order valence-corrected chi connectivity index (χ2v) is 9.16. The first-order valence-electron chi connectivity index (χ1n) is 10.9. The molecular formula is C28H26N2O2S. The Morgan fingerprint density at radius 2 is 1.24 bits per heavy atom. The summed E-state index contributed by atoms with van der Waals surface area (Å²) in [4.78, 5) is 29.6. The molecule has 166 valence electrons. The van der Waals surface area contributed by atoms with Crippen LogP contribution in [0.4, 0.5) is 5.00 Å². The van der Waals surface area contributed by atoms with E-state index in [4.69, 9.17) is 0 Å². The molecule has 4 aromatic rings. The fraction of sp³-hybridized carbons (Fsp3) is 0.143. The monoisotopic (exact) mass is 454 g/mol. The highest BCUT2D eigenvalue weighted by molar-refractivity contribution is 7.16. The molecule has 1 heterocycles. The molecule has 0 saturated carbocycles. The summed E-state index contributed by atoms with van der Waals surface area (Å²) in [6.45, 7) is 4.89. The number of anilines is 1. The molecule has 0 bridgehead atoms. The molecule has 0 spiro atoms. The van der Waals surface area contributed by atoms with Crippen LogP contribution in [0.5, 0.6) is 0 Å². The van der Waals surface area contributed by atoms with Crippen LogP contribution in [0.3, 0.4) is 0 Å². The number of carbonyl (C=O) groups excluding carboxylic acids is 2. The van der Waals surface area contributed by atoms with E-state index in [1.165, 1.54) is 11.3 Å². The minimum Gasteiger partial charge on any atom is -0.330 e. The summed E-state index contributed by atoms with van der Waals surface area (Å²) in [7, 11) is 0. The zero-order valence-corrected chi connectivity index (χ0v) is 19.6. The standard InChI is InChI=1S/C28H26N2O2S/c1-20-21(2)33-27(29-26(31)24-16-10-5-11-17-24)25(20)28(32)30(18-22-12-6-3-7-13-22)19-23-14-8-4-9-15-23/h3-17H,18-19H2,1-2H3,(H,29,31). The molecular weight excluding hydrogens is 428 g/mol. The van der Waals surface area contributed by atoms with Crippen LogP contribution in [0.2, 0.25) is 0 Å². The van der Waals surface area contributed by atoms with Gasteiger partial charge in [-0.05, 0) is 42.7 Å². The van der Waals surface area contributed by atoms with Crippen LogP contribution in [0, 0.1) is 13.8 Å². The van der Waals surface area contributed by atoms with Gasteiger partial charge in [0.05, 0.1) is 5.56 Å². The lowest BCUT2D eigenvalue weighted by Gasteiger charge is -2.24. The van der Waals surface area contributed by atoms with Crippen LogP contribution in [-0.4, -0.2) is 16.7 Å². The van der Waals surface area contributed by atoms with Gasteiger partial charge in [-0.15, -0.1) is 11.3 Å². The van der Waals surface area contributed by atoms with E-state index in [0.717, 1.165) is 21.6 Å². The first kappa shape index (κ1) is 22.5. The fourth-order valence-electron chi connectivity index (χ4n) is 3.70. The molecule has 1 aromatic heterocycles. The average Bonchev–Trinajstić information content (AvgIpc) is 3.12. The second kappa shape index (κ2) is 10.3. The predicted molar refractivity (Wildman–Crippen MR) is 135 cm³/mol. The van der Waals surface area contributed by atoms with Crippen molar-refractivity contribution in [1.82, 2.24) is 4.90 Å². The van der Waals surface area contributed by atoms with Gasteiger partial charge in [-0.1, -0.05) is 78.9 Å². The second-order valence-electron chi connectivity index (χ2n) is 7.94. The third-order valence-electron chi connectivity index (χ3n) is 5.58. The van der Waals surface area contributed by atoms with Crippen LogP contribution in [0.25, 0.3) is 0 Å². The maximum atomic E-state index is 13.9. The maximum Gasteiger partial charge on any atom is 0.257 e. The summed E-state index contributed by atoms with van der Waals surface area (Å²) < 4.78 is 0.